The molecule has 0 unspecified atom stereocenters. The molecule has 4 heteroatoms. The number of aromatic nitrogens is 1. The van der Waals surface area contributed by atoms with Gasteiger partial charge in [0.05, 0.1) is 5.56 Å². The van der Waals surface area contributed by atoms with Gasteiger partial charge in [-0.25, -0.2) is 0 Å². The van der Waals surface area contributed by atoms with Crippen molar-refractivity contribution in [1.29, 1.82) is 0 Å². The van der Waals surface area contributed by atoms with E-state index in [1.54, 1.807) is 6.07 Å². The highest BCUT2D eigenvalue weighted by atomic mass is 16.5. The van der Waals surface area contributed by atoms with Crippen LogP contribution in [0, 0.1) is 13.8 Å². The first-order chi connectivity index (χ1) is 7.08. The average Bonchev–Trinajstić information content (AvgIpc) is 2.58. The summed E-state index contributed by atoms with van der Waals surface area (Å²) < 4.78 is 5.01. The number of nitrogens with two attached hydrogens (primary N) is 1. The number of anilines is 1. The molecule has 78 valence electrons. The van der Waals surface area contributed by atoms with Crippen molar-refractivity contribution in [2.75, 3.05) is 5.73 Å². The van der Waals surface area contributed by atoms with Crippen LogP contribution in [0.4, 0.5) is 5.82 Å². The highest BCUT2D eigenvalue weighted by molar-refractivity contribution is 5.69. The first-order valence-electron chi connectivity index (χ1n) is 4.60. The van der Waals surface area contributed by atoms with Crippen LogP contribution in [0.1, 0.15) is 11.1 Å². The van der Waals surface area contributed by atoms with Crippen molar-refractivity contribution in [1.82, 2.24) is 5.16 Å². The molecular formula is C11H12N2O2. The molecule has 15 heavy (non-hydrogen) atoms. The summed E-state index contributed by atoms with van der Waals surface area (Å²) in [5.74, 6) is 0.997. The van der Waals surface area contributed by atoms with Crippen molar-refractivity contribution in [3.63, 3.8) is 0 Å². The second-order valence-electron chi connectivity index (χ2n) is 3.59. The van der Waals surface area contributed by atoms with E-state index in [2.05, 4.69) is 5.16 Å². The largest absolute Gasteiger partial charge is 0.507 e. The van der Waals surface area contributed by atoms with Gasteiger partial charge in [0.2, 0.25) is 0 Å². The van der Waals surface area contributed by atoms with Gasteiger partial charge in [-0.1, -0.05) is 11.2 Å². The maximum atomic E-state index is 9.86. The molecule has 0 radical (unpaired) electrons. The van der Waals surface area contributed by atoms with Crippen molar-refractivity contribution in [2.24, 2.45) is 0 Å². The summed E-state index contributed by atoms with van der Waals surface area (Å²) in [5, 5.41) is 13.4. The standard InChI is InChI=1S/C11H12N2O2/c1-6-3-7(2)11(14)8(4-6)9-5-10(12)13-15-9/h3-5,14H,1-2H3,(H2,12,13). The molecule has 2 rings (SSSR count). The monoisotopic (exact) mass is 204 g/mol. The molecule has 0 atom stereocenters. The Balaban J connectivity index is 2.62. The van der Waals surface area contributed by atoms with Gasteiger partial charge in [0.1, 0.15) is 5.75 Å². The molecule has 0 aliphatic heterocycles. The fourth-order valence-electron chi connectivity index (χ4n) is 1.56. The number of nitrogens with zero attached hydrogens (tertiary/aromatic N) is 1. The minimum absolute atomic E-state index is 0.205. The van der Waals surface area contributed by atoms with E-state index in [0.717, 1.165) is 11.1 Å². The van der Waals surface area contributed by atoms with E-state index in [4.69, 9.17) is 10.3 Å². The lowest BCUT2D eigenvalue weighted by Crippen LogP contribution is -1.84. The van der Waals surface area contributed by atoms with Crippen LogP contribution in [-0.4, -0.2) is 10.3 Å². The molecular weight excluding hydrogens is 192 g/mol. The van der Waals surface area contributed by atoms with Gasteiger partial charge in [0.25, 0.3) is 0 Å². The third kappa shape index (κ3) is 1.66. The van der Waals surface area contributed by atoms with Crippen molar-refractivity contribution in [2.45, 2.75) is 13.8 Å². The SMILES string of the molecule is Cc1cc(C)c(O)c(-c2cc(N)no2)c1. The van der Waals surface area contributed by atoms with Crippen LogP contribution < -0.4 is 5.73 Å². The van der Waals surface area contributed by atoms with Crippen molar-refractivity contribution in [3.05, 3.63) is 29.3 Å². The number of aromatic hydroxyl groups is 1. The summed E-state index contributed by atoms with van der Waals surface area (Å²) in [7, 11) is 0. The normalized spacial score (nSPS) is 10.5. The molecule has 1 heterocycles. The molecule has 0 saturated carbocycles. The number of benzene rings is 1. The molecule has 0 amide bonds. The van der Waals surface area contributed by atoms with E-state index in [-0.39, 0.29) is 5.75 Å². The smallest absolute Gasteiger partial charge is 0.172 e. The maximum Gasteiger partial charge on any atom is 0.172 e. The van der Waals surface area contributed by atoms with Crippen molar-refractivity contribution in [3.8, 4) is 17.1 Å². The molecule has 0 aliphatic rings. The van der Waals surface area contributed by atoms with Crippen LogP contribution in [-0.2, 0) is 0 Å². The van der Waals surface area contributed by atoms with Gasteiger partial charge >= 0.3 is 0 Å². The van der Waals surface area contributed by atoms with Gasteiger partial charge < -0.3 is 15.4 Å². The van der Waals surface area contributed by atoms with Crippen molar-refractivity contribution >= 4 is 5.82 Å². The van der Waals surface area contributed by atoms with E-state index in [1.807, 2.05) is 26.0 Å². The number of rotatable bonds is 1. The predicted molar refractivity (Wildman–Crippen MR) is 57.5 cm³/mol. The van der Waals surface area contributed by atoms with Crippen LogP contribution in [0.25, 0.3) is 11.3 Å². The van der Waals surface area contributed by atoms with Crippen LogP contribution in [0.15, 0.2) is 22.7 Å². The van der Waals surface area contributed by atoms with E-state index in [0.29, 0.717) is 17.1 Å². The average molecular weight is 204 g/mol. The maximum absolute atomic E-state index is 9.86. The Hall–Kier alpha value is -1.97. The second-order valence-corrected chi connectivity index (χ2v) is 3.59. The Kier molecular flexibility index (Phi) is 2.11. The molecule has 1 aromatic heterocycles. The third-order valence-electron chi connectivity index (χ3n) is 2.24. The molecule has 0 aliphatic carbocycles. The number of phenols is 1. The molecule has 0 saturated heterocycles. The summed E-state index contributed by atoms with van der Waals surface area (Å²) in [6.07, 6.45) is 0. The fourth-order valence-corrected chi connectivity index (χ4v) is 1.56. The lowest BCUT2D eigenvalue weighted by atomic mass is 10.0. The topological polar surface area (TPSA) is 72.3 Å². The lowest BCUT2D eigenvalue weighted by Gasteiger charge is -2.05. The Morgan fingerprint density at radius 3 is 2.60 bits per heavy atom. The van der Waals surface area contributed by atoms with Gasteiger partial charge in [0, 0.05) is 6.07 Å². The zero-order chi connectivity index (χ0) is 11.0. The minimum Gasteiger partial charge on any atom is -0.507 e. The van der Waals surface area contributed by atoms with Gasteiger partial charge in [-0.15, -0.1) is 0 Å². The number of hydrogen-bond donors (Lipinski definition) is 2. The Labute approximate surface area is 87.3 Å². The van der Waals surface area contributed by atoms with Crippen LogP contribution >= 0.6 is 0 Å². The predicted octanol–water partition coefficient (Wildman–Crippen LogP) is 2.25. The van der Waals surface area contributed by atoms with Gasteiger partial charge in [0.15, 0.2) is 11.6 Å². The molecule has 0 fully saturated rings. The minimum atomic E-state index is 0.205. The zero-order valence-corrected chi connectivity index (χ0v) is 8.61. The van der Waals surface area contributed by atoms with E-state index >= 15 is 0 Å². The Morgan fingerprint density at radius 1 is 1.27 bits per heavy atom. The lowest BCUT2D eigenvalue weighted by molar-refractivity contribution is 0.428. The van der Waals surface area contributed by atoms with E-state index in [1.165, 1.54) is 0 Å². The molecule has 1 aromatic carbocycles. The molecule has 0 spiro atoms. The summed E-state index contributed by atoms with van der Waals surface area (Å²) >= 11 is 0. The summed E-state index contributed by atoms with van der Waals surface area (Å²) in [4.78, 5) is 0. The summed E-state index contributed by atoms with van der Waals surface area (Å²) in [6.45, 7) is 3.79. The van der Waals surface area contributed by atoms with Crippen LogP contribution in [0.2, 0.25) is 0 Å². The Morgan fingerprint density at radius 2 is 2.00 bits per heavy atom. The molecule has 0 bridgehead atoms. The number of hydrogen-bond acceptors (Lipinski definition) is 4. The van der Waals surface area contributed by atoms with Crippen LogP contribution in [0.3, 0.4) is 0 Å². The summed E-state index contributed by atoms with van der Waals surface area (Å²) in [6, 6.07) is 5.33. The number of aryl methyl sites for hydroxylation is 2. The first-order valence-corrected chi connectivity index (χ1v) is 4.60. The second kappa shape index (κ2) is 3.31. The van der Waals surface area contributed by atoms with Gasteiger partial charge in [-0.2, -0.15) is 0 Å². The number of nitrogen functional groups attached to an aromatic ring is 1. The fraction of sp³-hybridized carbons (Fsp3) is 0.182. The quantitative estimate of drug-likeness (QED) is 0.747. The number of phenolic OH excluding ortho intramolecular Hbond substituents is 1. The zero-order valence-electron chi connectivity index (χ0n) is 8.61. The highest BCUT2D eigenvalue weighted by Gasteiger charge is 2.12. The molecule has 3 N–H and O–H groups in total. The third-order valence-corrected chi connectivity index (χ3v) is 2.24. The first kappa shape index (κ1) is 9.58. The van der Waals surface area contributed by atoms with Crippen molar-refractivity contribution < 1.29 is 9.63 Å². The van der Waals surface area contributed by atoms with E-state index < -0.39 is 0 Å². The highest BCUT2D eigenvalue weighted by Crippen LogP contribution is 2.33. The summed E-state index contributed by atoms with van der Waals surface area (Å²) in [5.41, 5.74) is 7.93. The van der Waals surface area contributed by atoms with Gasteiger partial charge in [-0.05, 0) is 31.0 Å². The molecule has 2 aromatic rings. The Bertz CT molecular complexity index is 503. The molecule has 4 nitrogen and oxygen atoms in total. The van der Waals surface area contributed by atoms with Crippen LogP contribution in [0.5, 0.6) is 5.75 Å². The van der Waals surface area contributed by atoms with Gasteiger partial charge in [-0.3, -0.25) is 0 Å². The van der Waals surface area contributed by atoms with E-state index in [9.17, 15) is 5.11 Å².